The lowest BCUT2D eigenvalue weighted by molar-refractivity contribution is 0.107. The number of thiophene rings is 1. The second-order valence-electron chi connectivity index (χ2n) is 14.0. The maximum Gasteiger partial charge on any atom is 0.319 e. The van der Waals surface area contributed by atoms with Crippen molar-refractivity contribution in [3.05, 3.63) is 34.4 Å². The number of nitrogens with zero attached hydrogens (tertiary/aromatic N) is 6. The molecule has 264 valence electrons. The highest BCUT2D eigenvalue weighted by molar-refractivity contribution is 7.23. The Labute approximate surface area is 296 Å². The molecule has 0 aliphatic carbocycles. The smallest absolute Gasteiger partial charge is 0.319 e. The van der Waals surface area contributed by atoms with Crippen molar-refractivity contribution in [3.63, 3.8) is 0 Å². The first-order valence-corrected chi connectivity index (χ1v) is 18.1. The van der Waals surface area contributed by atoms with Gasteiger partial charge in [-0.2, -0.15) is 15.2 Å². The summed E-state index contributed by atoms with van der Waals surface area (Å²) >= 11 is 8.06. The van der Waals surface area contributed by atoms with Gasteiger partial charge >= 0.3 is 6.01 Å². The number of nitrogen functional groups attached to an aromatic ring is 1. The summed E-state index contributed by atoms with van der Waals surface area (Å²) in [4.78, 5) is 16.0. The molecule has 2 aromatic carbocycles. The van der Waals surface area contributed by atoms with Crippen LogP contribution in [0.1, 0.15) is 31.2 Å². The second-order valence-corrected chi connectivity index (χ2v) is 15.5. The van der Waals surface area contributed by atoms with E-state index in [4.69, 9.17) is 36.5 Å². The van der Waals surface area contributed by atoms with Crippen LogP contribution in [0.5, 0.6) is 11.8 Å². The normalized spacial score (nSPS) is 24.8. The number of ether oxygens (including phenoxy) is 3. The first kappa shape index (κ1) is 33.5. The number of aromatic nitrogens is 2. The van der Waals surface area contributed by atoms with E-state index in [9.17, 15) is 9.65 Å². The summed E-state index contributed by atoms with van der Waals surface area (Å²) in [5.41, 5.74) is 5.68. The lowest BCUT2D eigenvalue weighted by atomic mass is 9.95. The van der Waals surface area contributed by atoms with E-state index < -0.39 is 23.3 Å². The van der Waals surface area contributed by atoms with Gasteiger partial charge in [-0.1, -0.05) is 17.7 Å². The number of anilines is 2. The van der Waals surface area contributed by atoms with Crippen LogP contribution in [0.3, 0.4) is 0 Å². The predicted octanol–water partition coefficient (Wildman–Crippen LogP) is 6.02. The number of hydrogen-bond acceptors (Lipinski definition) is 11. The fourth-order valence-electron chi connectivity index (χ4n) is 8.30. The Morgan fingerprint density at radius 1 is 1.22 bits per heavy atom. The average molecular weight is 728 g/mol. The van der Waals surface area contributed by atoms with Crippen LogP contribution in [0, 0.1) is 28.9 Å². The fourth-order valence-corrected chi connectivity index (χ4v) is 9.59. The summed E-state index contributed by atoms with van der Waals surface area (Å²) < 4.78 is 66.0. The van der Waals surface area contributed by atoms with Crippen LogP contribution in [0.4, 0.5) is 24.0 Å². The maximum absolute atomic E-state index is 17.4. The standard InChI is InChI=1S/C35H37ClF3N7O3S/c1-44(2)8-4-10-46-23-16-47-14-18(23)15-48-30-26-29(42-34(43-33(26)46)49-17-35-7-3-9-45(35)13-19(37)11-35)28(39)25(27(30)36)20-5-6-22(38)31-24(20)21(12-40)32(41)50-31/h5-6,18-19,23H,3-4,7-11,13-17,41H2,1-2H3/t18?,19-,23?,35+/m1/s1. The number of fused-ring (bicyclic) bond motifs is 3. The number of halogens is 4. The van der Waals surface area contributed by atoms with E-state index >= 15 is 8.78 Å². The van der Waals surface area contributed by atoms with Gasteiger partial charge in [0.2, 0.25) is 0 Å². The predicted molar refractivity (Wildman–Crippen MR) is 187 cm³/mol. The molecule has 8 rings (SSSR count). The number of hydrogen-bond donors (Lipinski definition) is 1. The molecule has 4 atom stereocenters. The first-order chi connectivity index (χ1) is 24.1. The van der Waals surface area contributed by atoms with Crippen LogP contribution in [-0.2, 0) is 4.74 Å². The van der Waals surface area contributed by atoms with Crippen molar-refractivity contribution < 1.29 is 27.4 Å². The third-order valence-corrected chi connectivity index (χ3v) is 12.0. The number of nitrogens with two attached hydrogens (primary N) is 1. The highest BCUT2D eigenvalue weighted by Crippen LogP contribution is 2.51. The molecule has 4 aromatic rings. The summed E-state index contributed by atoms with van der Waals surface area (Å²) in [7, 11) is 4.01. The molecule has 2 N–H and O–H groups in total. The molecule has 2 aromatic heterocycles. The van der Waals surface area contributed by atoms with Crippen molar-refractivity contribution in [3.8, 4) is 29.0 Å². The number of alkyl halides is 1. The van der Waals surface area contributed by atoms with E-state index in [0.717, 1.165) is 43.7 Å². The van der Waals surface area contributed by atoms with Gasteiger partial charge in [0.15, 0.2) is 11.6 Å². The summed E-state index contributed by atoms with van der Waals surface area (Å²) in [6.45, 7) is 3.80. The SMILES string of the molecule is CN(C)CCCN1c2nc(OC[C@@]34CCCN3C[C@H](F)C4)nc3c(F)c(-c4ccc(F)c5sc(N)c(C#N)c45)c(Cl)c(c23)OCC2COCC21. The molecule has 50 heavy (non-hydrogen) atoms. The lowest BCUT2D eigenvalue weighted by Gasteiger charge is -2.36. The van der Waals surface area contributed by atoms with Gasteiger partial charge in [0.25, 0.3) is 0 Å². The van der Waals surface area contributed by atoms with Gasteiger partial charge < -0.3 is 29.7 Å². The van der Waals surface area contributed by atoms with Gasteiger partial charge in [-0.05, 0) is 58.1 Å². The Morgan fingerprint density at radius 2 is 2.06 bits per heavy atom. The van der Waals surface area contributed by atoms with Crippen molar-refractivity contribution in [1.82, 2.24) is 19.8 Å². The summed E-state index contributed by atoms with van der Waals surface area (Å²) in [6.07, 6.45) is 1.90. The molecular weight excluding hydrogens is 691 g/mol. The summed E-state index contributed by atoms with van der Waals surface area (Å²) in [6, 6.07) is 4.48. The Morgan fingerprint density at radius 3 is 2.86 bits per heavy atom. The Balaban J connectivity index is 1.35. The van der Waals surface area contributed by atoms with E-state index in [1.165, 1.54) is 12.1 Å². The van der Waals surface area contributed by atoms with Crippen LogP contribution in [0.2, 0.25) is 5.02 Å². The van der Waals surface area contributed by atoms with Gasteiger partial charge in [-0.15, -0.1) is 11.3 Å². The number of benzene rings is 2. The molecule has 0 radical (unpaired) electrons. The zero-order valence-electron chi connectivity index (χ0n) is 27.8. The van der Waals surface area contributed by atoms with Crippen LogP contribution < -0.4 is 20.1 Å². The molecule has 0 bridgehead atoms. The molecular formula is C35H37ClF3N7O3S. The van der Waals surface area contributed by atoms with Crippen molar-refractivity contribution >= 4 is 54.7 Å². The number of nitriles is 1. The molecule has 3 fully saturated rings. The molecule has 3 saturated heterocycles. The van der Waals surface area contributed by atoms with Crippen molar-refractivity contribution in [2.75, 3.05) is 77.3 Å². The minimum absolute atomic E-state index is 0.0344. The largest absolute Gasteiger partial charge is 0.491 e. The molecule has 4 aliphatic heterocycles. The quantitative estimate of drug-likeness (QED) is 0.231. The minimum atomic E-state index is -0.949. The zero-order valence-corrected chi connectivity index (χ0v) is 29.3. The Kier molecular flexibility index (Phi) is 8.62. The summed E-state index contributed by atoms with van der Waals surface area (Å²) in [5, 5.41) is 10.5. The highest BCUT2D eigenvalue weighted by Gasteiger charge is 2.49. The Hall–Kier alpha value is -3.61. The van der Waals surface area contributed by atoms with E-state index in [0.29, 0.717) is 38.5 Å². The average Bonchev–Trinajstić information content (AvgIpc) is 3.84. The number of rotatable bonds is 8. The van der Waals surface area contributed by atoms with E-state index in [2.05, 4.69) is 25.8 Å². The monoisotopic (exact) mass is 727 g/mol. The van der Waals surface area contributed by atoms with Crippen LogP contribution >= 0.6 is 22.9 Å². The molecule has 15 heteroatoms. The minimum Gasteiger partial charge on any atom is -0.491 e. The van der Waals surface area contributed by atoms with Gasteiger partial charge in [0.05, 0.1) is 52.1 Å². The molecule has 2 unspecified atom stereocenters. The molecule has 0 spiro atoms. The molecule has 6 heterocycles. The Bertz CT molecular complexity index is 2040. The third-order valence-electron chi connectivity index (χ3n) is 10.7. The van der Waals surface area contributed by atoms with Gasteiger partial charge in [0, 0.05) is 36.4 Å². The zero-order chi connectivity index (χ0) is 34.9. The molecule has 10 nitrogen and oxygen atoms in total. The first-order valence-electron chi connectivity index (χ1n) is 16.9. The molecule has 4 aliphatic rings. The van der Waals surface area contributed by atoms with Crippen LogP contribution in [0.25, 0.3) is 32.1 Å². The van der Waals surface area contributed by atoms with Gasteiger partial charge in [0.1, 0.15) is 41.0 Å². The third kappa shape index (κ3) is 5.40. The fraction of sp³-hybridized carbons (Fsp3) is 0.514. The van der Waals surface area contributed by atoms with Crippen molar-refractivity contribution in [2.24, 2.45) is 5.92 Å². The molecule has 0 amide bonds. The topological polar surface area (TPSA) is 113 Å². The van der Waals surface area contributed by atoms with E-state index in [1.54, 1.807) is 0 Å². The molecule has 0 saturated carbocycles. The highest BCUT2D eigenvalue weighted by atomic mass is 35.5. The van der Waals surface area contributed by atoms with Crippen LogP contribution in [-0.4, -0.2) is 104 Å². The van der Waals surface area contributed by atoms with E-state index in [1.807, 2.05) is 14.1 Å². The van der Waals surface area contributed by atoms with Gasteiger partial charge in [-0.25, -0.2) is 13.2 Å². The maximum atomic E-state index is 17.4. The van der Waals surface area contributed by atoms with Crippen molar-refractivity contribution in [1.29, 1.82) is 5.26 Å². The van der Waals surface area contributed by atoms with E-state index in [-0.39, 0.29) is 84.6 Å². The van der Waals surface area contributed by atoms with Crippen LogP contribution in [0.15, 0.2) is 12.1 Å². The van der Waals surface area contributed by atoms with Gasteiger partial charge in [-0.3, -0.25) is 4.90 Å². The van der Waals surface area contributed by atoms with Crippen molar-refractivity contribution in [2.45, 2.75) is 43.4 Å². The lowest BCUT2D eigenvalue weighted by Crippen LogP contribution is -2.45. The summed E-state index contributed by atoms with van der Waals surface area (Å²) in [5.74, 6) is -0.853. The second kappa shape index (κ2) is 12.9.